The molecule has 2 amide bonds. The van der Waals surface area contributed by atoms with Crippen LogP contribution in [0.3, 0.4) is 0 Å². The molecule has 0 fully saturated rings. The van der Waals surface area contributed by atoms with E-state index in [9.17, 15) is 29.8 Å². The lowest BCUT2D eigenvalue weighted by molar-refractivity contribution is -0.385. The van der Waals surface area contributed by atoms with Gasteiger partial charge < -0.3 is 24.8 Å². The van der Waals surface area contributed by atoms with Crippen LogP contribution in [0, 0.1) is 20.2 Å². The molecule has 2 atom stereocenters. The zero-order valence-corrected chi connectivity index (χ0v) is 25.8. The van der Waals surface area contributed by atoms with Gasteiger partial charge in [-0.25, -0.2) is 0 Å². The molecule has 0 bridgehead atoms. The Bertz CT molecular complexity index is 1120. The highest BCUT2D eigenvalue weighted by Crippen LogP contribution is 2.32. The highest BCUT2D eigenvalue weighted by Gasteiger charge is 2.21. The SMILES string of the molecule is CC(Br)c1ccc(C(=O)NCCOCCOCCOCCNC(=O)c2ccc(C(C)Br)c([N+](=O)[O-])c2)cc1[N+](=O)[O-]. The number of halogens is 2. The van der Waals surface area contributed by atoms with Crippen LogP contribution in [0.4, 0.5) is 11.4 Å². The van der Waals surface area contributed by atoms with E-state index in [1.54, 1.807) is 26.0 Å². The quantitative estimate of drug-likeness (QED) is 0.0972. The lowest BCUT2D eigenvalue weighted by Crippen LogP contribution is -2.28. The Labute approximate surface area is 253 Å². The molecule has 41 heavy (non-hydrogen) atoms. The first-order chi connectivity index (χ1) is 19.5. The number of carbonyl (C=O) groups is 2. The Morgan fingerprint density at radius 1 is 0.707 bits per heavy atom. The van der Waals surface area contributed by atoms with Crippen molar-refractivity contribution >= 4 is 55.0 Å². The molecular weight excluding hydrogens is 672 g/mol. The van der Waals surface area contributed by atoms with Gasteiger partial charge in [0.15, 0.2) is 0 Å². The highest BCUT2D eigenvalue weighted by atomic mass is 79.9. The molecule has 2 N–H and O–H groups in total. The standard InChI is InChI=1S/C26H32Br2N4O9/c1-17(27)21-5-3-19(15-23(21)31(35)36)25(33)29-7-9-39-11-13-41-14-12-40-10-8-30-26(34)20-4-6-22(18(2)28)24(16-20)32(37)38/h3-6,15-18H,7-14H2,1-2H3,(H,29,33)(H,30,34). The van der Waals surface area contributed by atoms with Crippen molar-refractivity contribution in [3.8, 4) is 0 Å². The van der Waals surface area contributed by atoms with E-state index in [4.69, 9.17) is 14.2 Å². The molecule has 0 heterocycles. The maximum Gasteiger partial charge on any atom is 0.274 e. The predicted molar refractivity (Wildman–Crippen MR) is 158 cm³/mol. The highest BCUT2D eigenvalue weighted by molar-refractivity contribution is 9.09. The summed E-state index contributed by atoms with van der Waals surface area (Å²) in [5.41, 5.74) is 1.12. The smallest absolute Gasteiger partial charge is 0.274 e. The van der Waals surface area contributed by atoms with E-state index in [1.807, 2.05) is 0 Å². The van der Waals surface area contributed by atoms with Gasteiger partial charge in [0.1, 0.15) is 0 Å². The van der Waals surface area contributed by atoms with Gasteiger partial charge in [0.25, 0.3) is 23.2 Å². The monoisotopic (exact) mass is 702 g/mol. The number of alkyl halides is 2. The van der Waals surface area contributed by atoms with Crippen molar-refractivity contribution in [1.29, 1.82) is 0 Å². The van der Waals surface area contributed by atoms with Crippen LogP contribution in [0.15, 0.2) is 36.4 Å². The van der Waals surface area contributed by atoms with Gasteiger partial charge in [-0.1, -0.05) is 44.0 Å². The van der Waals surface area contributed by atoms with E-state index in [2.05, 4.69) is 42.5 Å². The number of nitro groups is 2. The van der Waals surface area contributed by atoms with Gasteiger partial charge in [0.2, 0.25) is 0 Å². The van der Waals surface area contributed by atoms with E-state index in [-0.39, 0.29) is 58.5 Å². The molecule has 2 aromatic rings. The fourth-order valence-corrected chi connectivity index (χ4v) is 4.35. The Morgan fingerprint density at radius 3 is 1.37 bits per heavy atom. The van der Waals surface area contributed by atoms with Crippen molar-refractivity contribution in [2.75, 3.05) is 52.7 Å². The van der Waals surface area contributed by atoms with E-state index in [0.29, 0.717) is 37.6 Å². The van der Waals surface area contributed by atoms with Gasteiger partial charge >= 0.3 is 0 Å². The van der Waals surface area contributed by atoms with Crippen LogP contribution in [0.5, 0.6) is 0 Å². The number of nitrogens with zero attached hydrogens (tertiary/aromatic N) is 2. The van der Waals surface area contributed by atoms with Gasteiger partial charge in [-0.3, -0.25) is 29.8 Å². The summed E-state index contributed by atoms with van der Waals surface area (Å²) < 4.78 is 16.2. The van der Waals surface area contributed by atoms with E-state index >= 15 is 0 Å². The predicted octanol–water partition coefficient (Wildman–Crippen LogP) is 4.62. The van der Waals surface area contributed by atoms with Crippen molar-refractivity contribution in [3.05, 3.63) is 78.9 Å². The average Bonchev–Trinajstić information content (AvgIpc) is 2.94. The number of nitro benzene ring substituents is 2. The summed E-state index contributed by atoms with van der Waals surface area (Å²) in [4.78, 5) is 45.6. The molecule has 0 aromatic heterocycles. The van der Waals surface area contributed by atoms with Gasteiger partial charge in [0.05, 0.1) is 49.5 Å². The van der Waals surface area contributed by atoms with Crippen molar-refractivity contribution in [1.82, 2.24) is 10.6 Å². The van der Waals surface area contributed by atoms with E-state index < -0.39 is 21.7 Å². The topological polar surface area (TPSA) is 172 Å². The Balaban J connectivity index is 1.53. The van der Waals surface area contributed by atoms with Gasteiger partial charge in [-0.2, -0.15) is 0 Å². The molecule has 2 rings (SSSR count). The molecule has 0 aliphatic heterocycles. The maximum absolute atomic E-state index is 12.3. The Kier molecular flexibility index (Phi) is 14.8. The van der Waals surface area contributed by atoms with E-state index in [1.165, 1.54) is 24.3 Å². The average molecular weight is 704 g/mol. The van der Waals surface area contributed by atoms with Crippen LogP contribution in [0.1, 0.15) is 55.3 Å². The first kappa shape index (κ1) is 34.2. The third-order valence-corrected chi connectivity index (χ3v) is 6.63. The second kappa shape index (κ2) is 17.7. The molecule has 0 saturated carbocycles. The largest absolute Gasteiger partial charge is 0.377 e. The molecular formula is C26H32Br2N4O9. The van der Waals surface area contributed by atoms with Crippen LogP contribution in [-0.4, -0.2) is 74.4 Å². The summed E-state index contributed by atoms with van der Waals surface area (Å²) in [6.07, 6.45) is 0. The molecule has 0 aliphatic carbocycles. The normalized spacial score (nSPS) is 12.4. The minimum atomic E-state index is -0.514. The molecule has 2 unspecified atom stereocenters. The summed E-state index contributed by atoms with van der Waals surface area (Å²) in [7, 11) is 0. The minimum absolute atomic E-state index is 0.122. The lowest BCUT2D eigenvalue weighted by Gasteiger charge is -2.10. The van der Waals surface area contributed by atoms with Crippen molar-refractivity contribution in [2.24, 2.45) is 0 Å². The van der Waals surface area contributed by atoms with Crippen molar-refractivity contribution in [2.45, 2.75) is 23.5 Å². The minimum Gasteiger partial charge on any atom is -0.377 e. The molecule has 13 nitrogen and oxygen atoms in total. The molecule has 2 aromatic carbocycles. The zero-order chi connectivity index (χ0) is 30.4. The third kappa shape index (κ3) is 11.4. The van der Waals surface area contributed by atoms with Gasteiger partial charge in [-0.15, -0.1) is 0 Å². The van der Waals surface area contributed by atoms with Crippen LogP contribution < -0.4 is 10.6 Å². The fraction of sp³-hybridized carbons (Fsp3) is 0.462. The molecule has 224 valence electrons. The van der Waals surface area contributed by atoms with Gasteiger partial charge in [-0.05, 0) is 26.0 Å². The van der Waals surface area contributed by atoms with Crippen LogP contribution in [0.2, 0.25) is 0 Å². The molecule has 0 radical (unpaired) electrons. The van der Waals surface area contributed by atoms with Crippen LogP contribution in [-0.2, 0) is 14.2 Å². The number of ether oxygens (including phenoxy) is 3. The summed E-state index contributed by atoms with van der Waals surface area (Å²) in [5.74, 6) is -0.864. The number of amides is 2. The first-order valence-corrected chi connectivity index (χ1v) is 14.5. The number of hydrogen-bond donors (Lipinski definition) is 2. The summed E-state index contributed by atoms with van der Waals surface area (Å²) in [6, 6.07) is 8.70. The second-order valence-electron chi connectivity index (χ2n) is 8.64. The van der Waals surface area contributed by atoms with Gasteiger partial charge in [0, 0.05) is 57.1 Å². The molecule has 0 aliphatic rings. The van der Waals surface area contributed by atoms with E-state index in [0.717, 1.165) is 0 Å². The number of nitrogens with one attached hydrogen (secondary N) is 2. The summed E-state index contributed by atoms with van der Waals surface area (Å²) in [5, 5.41) is 27.9. The number of hydrogen-bond acceptors (Lipinski definition) is 9. The molecule has 15 heteroatoms. The molecule has 0 spiro atoms. The Hall–Kier alpha value is -2.98. The van der Waals surface area contributed by atoms with Crippen LogP contribution >= 0.6 is 31.9 Å². The summed E-state index contributed by atoms with van der Waals surface area (Å²) >= 11 is 6.62. The number of benzene rings is 2. The second-order valence-corrected chi connectivity index (χ2v) is 11.4. The lowest BCUT2D eigenvalue weighted by atomic mass is 10.1. The van der Waals surface area contributed by atoms with Crippen LogP contribution in [0.25, 0.3) is 0 Å². The fourth-order valence-electron chi connectivity index (χ4n) is 3.58. The Morgan fingerprint density at radius 2 is 1.05 bits per heavy atom. The third-order valence-electron chi connectivity index (χ3n) is 5.64. The summed E-state index contributed by atoms with van der Waals surface area (Å²) in [6.45, 7) is 5.70. The zero-order valence-electron chi connectivity index (χ0n) is 22.6. The first-order valence-electron chi connectivity index (χ1n) is 12.7. The van der Waals surface area contributed by atoms with Crippen molar-refractivity contribution in [3.63, 3.8) is 0 Å². The number of carbonyl (C=O) groups excluding carboxylic acids is 2. The maximum atomic E-state index is 12.3. The number of rotatable bonds is 18. The molecule has 0 saturated heterocycles. The van der Waals surface area contributed by atoms with Crippen molar-refractivity contribution < 1.29 is 33.6 Å².